The molecule has 1 aromatic rings. The number of alkyl halides is 3. The van der Waals surface area contributed by atoms with E-state index in [1.54, 1.807) is 30.6 Å². The van der Waals surface area contributed by atoms with Gasteiger partial charge in [0.2, 0.25) is 0 Å². The van der Waals surface area contributed by atoms with Crippen LogP contribution in [0.1, 0.15) is 26.3 Å². The van der Waals surface area contributed by atoms with Crippen LogP contribution in [0.5, 0.6) is 5.75 Å². The highest BCUT2D eigenvalue weighted by Crippen LogP contribution is 2.30. The number of guanidine groups is 1. The first-order chi connectivity index (χ1) is 14.3. The van der Waals surface area contributed by atoms with E-state index >= 15 is 0 Å². The maximum absolute atomic E-state index is 12.6. The fourth-order valence-corrected chi connectivity index (χ4v) is 2.73. The van der Waals surface area contributed by atoms with Gasteiger partial charge in [-0.3, -0.25) is 4.99 Å². The summed E-state index contributed by atoms with van der Waals surface area (Å²) in [6.45, 7) is 7.07. The molecule has 0 radical (unpaired) electrons. The average molecular weight is 446 g/mol. The van der Waals surface area contributed by atoms with Gasteiger partial charge in [0.15, 0.2) is 5.96 Å². The molecule has 0 bridgehead atoms. The van der Waals surface area contributed by atoms with Gasteiger partial charge in [-0.25, -0.2) is 4.79 Å². The van der Waals surface area contributed by atoms with Gasteiger partial charge in [-0.2, -0.15) is 13.2 Å². The molecule has 1 unspecified atom stereocenters. The van der Waals surface area contributed by atoms with Crippen molar-refractivity contribution < 1.29 is 32.5 Å². The van der Waals surface area contributed by atoms with Crippen molar-refractivity contribution in [1.82, 2.24) is 9.80 Å². The third kappa shape index (κ3) is 8.16. The second-order valence-electron chi connectivity index (χ2n) is 8.14. The second kappa shape index (κ2) is 10.1. The van der Waals surface area contributed by atoms with Crippen LogP contribution in [0, 0.1) is 0 Å². The molecule has 0 spiro atoms. The van der Waals surface area contributed by atoms with Crippen LogP contribution in [0.4, 0.5) is 18.0 Å². The summed E-state index contributed by atoms with van der Waals surface area (Å²) in [4.78, 5) is 19.6. The molecule has 0 aromatic heterocycles. The molecule has 1 aliphatic heterocycles. The fraction of sp³-hybridized carbons (Fsp3) is 0.600. The van der Waals surface area contributed by atoms with Crippen LogP contribution in [0.2, 0.25) is 0 Å². The smallest absolute Gasteiger partial charge is 0.416 e. The minimum atomic E-state index is -4.41. The van der Waals surface area contributed by atoms with Gasteiger partial charge in [0.1, 0.15) is 24.1 Å². The molecule has 2 rings (SSSR count). The molecule has 1 heterocycles. The summed E-state index contributed by atoms with van der Waals surface area (Å²) >= 11 is 0. The number of nitrogens with zero attached hydrogens (tertiary/aromatic N) is 3. The second-order valence-corrected chi connectivity index (χ2v) is 8.14. The quantitative estimate of drug-likeness (QED) is 0.532. The monoisotopic (exact) mass is 446 g/mol. The van der Waals surface area contributed by atoms with Gasteiger partial charge in [-0.15, -0.1) is 0 Å². The molecule has 0 saturated carbocycles. The van der Waals surface area contributed by atoms with Crippen LogP contribution >= 0.6 is 0 Å². The largest absolute Gasteiger partial charge is 0.491 e. The van der Waals surface area contributed by atoms with Crippen LogP contribution in [-0.4, -0.2) is 78.0 Å². The summed E-state index contributed by atoms with van der Waals surface area (Å²) in [6.07, 6.45) is -5.77. The van der Waals surface area contributed by atoms with E-state index in [-0.39, 0.29) is 31.0 Å². The number of rotatable bonds is 5. The van der Waals surface area contributed by atoms with Gasteiger partial charge in [0, 0.05) is 26.2 Å². The van der Waals surface area contributed by atoms with Crippen LogP contribution in [0.15, 0.2) is 29.3 Å². The first-order valence-electron chi connectivity index (χ1n) is 9.86. The summed E-state index contributed by atoms with van der Waals surface area (Å²) in [5.74, 6) is 0.444. The van der Waals surface area contributed by atoms with Gasteiger partial charge in [-0.1, -0.05) is 0 Å². The lowest BCUT2D eigenvalue weighted by molar-refractivity contribution is -0.137. The molecule has 8 nitrogen and oxygen atoms in total. The molecule has 1 atom stereocenters. The molecule has 31 heavy (non-hydrogen) atoms. The number of piperazine rings is 1. The number of carbonyl (C=O) groups is 1. The normalized spacial score (nSPS) is 16.8. The van der Waals surface area contributed by atoms with Crippen LogP contribution in [0.25, 0.3) is 0 Å². The number of halogens is 3. The van der Waals surface area contributed by atoms with E-state index in [4.69, 9.17) is 15.2 Å². The molecular formula is C20H29F3N4O4. The predicted molar refractivity (Wildman–Crippen MR) is 109 cm³/mol. The van der Waals surface area contributed by atoms with Crippen molar-refractivity contribution in [2.45, 2.75) is 38.7 Å². The number of aliphatic imine (C=N–C) groups is 1. The Morgan fingerprint density at radius 2 is 1.68 bits per heavy atom. The molecule has 174 valence electrons. The highest BCUT2D eigenvalue weighted by Gasteiger charge is 2.30. The third-order valence-corrected chi connectivity index (χ3v) is 4.34. The van der Waals surface area contributed by atoms with Crippen molar-refractivity contribution in [3.63, 3.8) is 0 Å². The van der Waals surface area contributed by atoms with E-state index in [2.05, 4.69) is 4.99 Å². The number of ether oxygens (including phenoxy) is 2. The Bertz CT molecular complexity index is 755. The van der Waals surface area contributed by atoms with E-state index < -0.39 is 23.4 Å². The van der Waals surface area contributed by atoms with Crippen molar-refractivity contribution in [3.05, 3.63) is 29.8 Å². The first kappa shape index (κ1) is 24.6. The molecular weight excluding hydrogens is 417 g/mol. The highest BCUT2D eigenvalue weighted by atomic mass is 19.4. The van der Waals surface area contributed by atoms with E-state index in [0.29, 0.717) is 26.2 Å². The molecule has 1 fully saturated rings. The zero-order chi connectivity index (χ0) is 23.2. The predicted octanol–water partition coefficient (Wildman–Crippen LogP) is 2.31. The van der Waals surface area contributed by atoms with E-state index in [1.165, 1.54) is 12.1 Å². The lowest BCUT2D eigenvalue weighted by Crippen LogP contribution is -2.53. The van der Waals surface area contributed by atoms with Gasteiger partial charge >= 0.3 is 12.3 Å². The Morgan fingerprint density at radius 1 is 1.13 bits per heavy atom. The zero-order valence-electron chi connectivity index (χ0n) is 17.9. The SMILES string of the molecule is CC(C)(C)OC(=O)N1CCN(C(N)=NCC(O)COc2ccc(C(F)(F)F)cc2)CC1. The number of aliphatic hydroxyl groups is 1. The van der Waals surface area contributed by atoms with Crippen LogP contribution in [-0.2, 0) is 10.9 Å². The first-order valence-corrected chi connectivity index (χ1v) is 9.86. The fourth-order valence-electron chi connectivity index (χ4n) is 2.73. The molecule has 1 saturated heterocycles. The molecule has 1 amide bonds. The van der Waals surface area contributed by atoms with Crippen molar-refractivity contribution >= 4 is 12.1 Å². The summed E-state index contributed by atoms with van der Waals surface area (Å²) < 4.78 is 48.3. The number of amides is 1. The minimum Gasteiger partial charge on any atom is -0.491 e. The summed E-state index contributed by atoms with van der Waals surface area (Å²) in [5.41, 5.74) is 4.63. The highest BCUT2D eigenvalue weighted by molar-refractivity contribution is 5.78. The number of nitrogens with two attached hydrogens (primary N) is 1. The van der Waals surface area contributed by atoms with E-state index in [9.17, 15) is 23.1 Å². The number of aliphatic hydroxyl groups excluding tert-OH is 1. The van der Waals surface area contributed by atoms with Crippen molar-refractivity contribution in [2.24, 2.45) is 10.7 Å². The summed E-state index contributed by atoms with van der Waals surface area (Å²) in [5, 5.41) is 10.0. The van der Waals surface area contributed by atoms with Crippen LogP contribution in [0.3, 0.4) is 0 Å². The Morgan fingerprint density at radius 3 is 2.19 bits per heavy atom. The van der Waals surface area contributed by atoms with E-state index in [1.807, 2.05) is 0 Å². The summed E-state index contributed by atoms with van der Waals surface area (Å²) in [7, 11) is 0. The van der Waals surface area contributed by atoms with Gasteiger partial charge in [0.05, 0.1) is 12.1 Å². The molecule has 3 N–H and O–H groups in total. The lowest BCUT2D eigenvalue weighted by atomic mass is 10.2. The van der Waals surface area contributed by atoms with Crippen LogP contribution < -0.4 is 10.5 Å². The minimum absolute atomic E-state index is 0.0290. The van der Waals surface area contributed by atoms with Crippen molar-refractivity contribution in [3.8, 4) is 5.75 Å². The van der Waals surface area contributed by atoms with Gasteiger partial charge < -0.3 is 30.1 Å². The van der Waals surface area contributed by atoms with Crippen molar-refractivity contribution in [2.75, 3.05) is 39.3 Å². The Hall–Kier alpha value is -2.69. The topological polar surface area (TPSA) is 101 Å². The average Bonchev–Trinajstić information content (AvgIpc) is 2.69. The molecule has 11 heteroatoms. The summed E-state index contributed by atoms with van der Waals surface area (Å²) in [6, 6.07) is 4.21. The molecule has 1 aliphatic rings. The standard InChI is InChI=1S/C20H29F3N4O4/c1-19(2,3)31-18(29)27-10-8-26(9-11-27)17(24)25-12-15(28)13-30-16-6-4-14(5-7-16)20(21,22)23/h4-7,15,28H,8-13H2,1-3H3,(H2,24,25). The van der Waals surface area contributed by atoms with Gasteiger partial charge in [-0.05, 0) is 45.0 Å². The van der Waals surface area contributed by atoms with E-state index in [0.717, 1.165) is 12.1 Å². The number of carbonyl (C=O) groups excluding carboxylic acids is 1. The van der Waals surface area contributed by atoms with Crippen molar-refractivity contribution in [1.29, 1.82) is 0 Å². The third-order valence-electron chi connectivity index (χ3n) is 4.34. The Balaban J connectivity index is 1.75. The molecule has 0 aliphatic carbocycles. The maximum atomic E-state index is 12.6. The van der Waals surface area contributed by atoms with Gasteiger partial charge in [0.25, 0.3) is 0 Å². The maximum Gasteiger partial charge on any atom is 0.416 e. The lowest BCUT2D eigenvalue weighted by Gasteiger charge is -2.36. The Kier molecular flexibility index (Phi) is 7.99. The Labute approximate surface area is 179 Å². The number of benzene rings is 1. The number of hydrogen-bond donors (Lipinski definition) is 2. The molecule has 1 aromatic carbocycles. The number of hydrogen-bond acceptors (Lipinski definition) is 5. The zero-order valence-corrected chi connectivity index (χ0v) is 17.9.